The van der Waals surface area contributed by atoms with Gasteiger partial charge in [0.1, 0.15) is 5.82 Å². The summed E-state index contributed by atoms with van der Waals surface area (Å²) in [5.41, 5.74) is 2.55. The summed E-state index contributed by atoms with van der Waals surface area (Å²) in [5, 5.41) is 6.21. The number of piperazine rings is 1. The number of rotatable bonds is 2. The number of hydrogen-bond acceptors (Lipinski definition) is 6. The van der Waals surface area contributed by atoms with E-state index in [1.54, 1.807) is 17.5 Å². The average Bonchev–Trinajstić information content (AvgIpc) is 3.34. The maximum absolute atomic E-state index is 13.0. The summed E-state index contributed by atoms with van der Waals surface area (Å²) >= 11 is 1.74. The van der Waals surface area contributed by atoms with Gasteiger partial charge in [-0.1, -0.05) is 11.2 Å². The van der Waals surface area contributed by atoms with Crippen molar-refractivity contribution in [1.29, 1.82) is 0 Å². The second-order valence-corrected chi connectivity index (χ2v) is 7.56. The molecule has 2 aliphatic rings. The smallest absolute Gasteiger partial charge is 0.276 e. The maximum Gasteiger partial charge on any atom is 0.276 e. The molecule has 1 fully saturated rings. The molecule has 26 heavy (non-hydrogen) atoms. The average molecular weight is 366 g/mol. The Bertz CT molecular complexity index is 942. The molecule has 4 heterocycles. The van der Waals surface area contributed by atoms with Gasteiger partial charge in [-0.15, -0.1) is 11.3 Å². The Morgan fingerprint density at radius 2 is 2.00 bits per heavy atom. The lowest BCUT2D eigenvalue weighted by atomic mass is 9.95. The van der Waals surface area contributed by atoms with E-state index in [9.17, 15) is 4.79 Å². The summed E-state index contributed by atoms with van der Waals surface area (Å²) in [7, 11) is 0. The molecule has 0 atom stereocenters. The largest absolute Gasteiger partial charge is 0.355 e. The SMILES string of the molecule is O=C(c1noc2c1CCc1sccc1-2)N1CCN(c2ccccn2)CC1. The molecule has 0 spiro atoms. The third-order valence-electron chi connectivity index (χ3n) is 5.12. The highest BCUT2D eigenvalue weighted by Gasteiger charge is 2.31. The number of thiophene rings is 1. The fraction of sp³-hybridized carbons (Fsp3) is 0.316. The molecule has 0 N–H and O–H groups in total. The van der Waals surface area contributed by atoms with Gasteiger partial charge in [0.05, 0.1) is 0 Å². The molecule has 1 aliphatic heterocycles. The molecule has 0 bridgehead atoms. The van der Waals surface area contributed by atoms with E-state index in [0.29, 0.717) is 18.8 Å². The summed E-state index contributed by atoms with van der Waals surface area (Å²) in [4.78, 5) is 22.8. The number of aromatic nitrogens is 2. The molecule has 0 aromatic carbocycles. The predicted octanol–water partition coefficient (Wildman–Crippen LogP) is 2.86. The minimum absolute atomic E-state index is 0.0191. The van der Waals surface area contributed by atoms with Crippen molar-refractivity contribution in [2.24, 2.45) is 0 Å². The second-order valence-electron chi connectivity index (χ2n) is 6.56. The number of hydrogen-bond donors (Lipinski definition) is 0. The number of aryl methyl sites for hydroxylation is 1. The highest BCUT2D eigenvalue weighted by molar-refractivity contribution is 7.10. The van der Waals surface area contributed by atoms with Crippen molar-refractivity contribution >= 4 is 23.1 Å². The molecule has 3 aromatic heterocycles. The van der Waals surface area contributed by atoms with Gasteiger partial charge in [0.25, 0.3) is 5.91 Å². The monoisotopic (exact) mass is 366 g/mol. The summed E-state index contributed by atoms with van der Waals surface area (Å²) in [5.74, 6) is 1.72. The Morgan fingerprint density at radius 1 is 1.12 bits per heavy atom. The molecule has 5 rings (SSSR count). The first-order valence-electron chi connectivity index (χ1n) is 8.82. The fourth-order valence-electron chi connectivity index (χ4n) is 3.73. The van der Waals surface area contributed by atoms with Gasteiger partial charge in [-0.25, -0.2) is 4.98 Å². The first-order valence-corrected chi connectivity index (χ1v) is 9.70. The maximum atomic E-state index is 13.0. The molecule has 6 nitrogen and oxygen atoms in total. The molecule has 0 radical (unpaired) electrons. The number of pyridine rings is 1. The van der Waals surface area contributed by atoms with Crippen molar-refractivity contribution in [3.8, 4) is 11.3 Å². The summed E-state index contributed by atoms with van der Waals surface area (Å²) in [6.07, 6.45) is 3.57. The lowest BCUT2D eigenvalue weighted by Crippen LogP contribution is -2.49. The summed E-state index contributed by atoms with van der Waals surface area (Å²) < 4.78 is 5.56. The highest BCUT2D eigenvalue weighted by Crippen LogP contribution is 2.38. The highest BCUT2D eigenvalue weighted by atomic mass is 32.1. The van der Waals surface area contributed by atoms with Gasteiger partial charge in [-0.2, -0.15) is 0 Å². The van der Waals surface area contributed by atoms with Crippen molar-refractivity contribution in [2.45, 2.75) is 12.8 Å². The van der Waals surface area contributed by atoms with Crippen LogP contribution in [0.5, 0.6) is 0 Å². The fourth-order valence-corrected chi connectivity index (χ4v) is 4.60. The van der Waals surface area contributed by atoms with Crippen LogP contribution in [0.2, 0.25) is 0 Å². The van der Waals surface area contributed by atoms with Crippen LogP contribution in [0.1, 0.15) is 20.9 Å². The quantitative estimate of drug-likeness (QED) is 0.698. The predicted molar refractivity (Wildman–Crippen MR) is 99.6 cm³/mol. The first kappa shape index (κ1) is 15.6. The number of fused-ring (bicyclic) bond motifs is 3. The van der Waals surface area contributed by atoms with Crippen molar-refractivity contribution in [2.75, 3.05) is 31.1 Å². The second kappa shape index (κ2) is 6.25. The molecule has 0 unspecified atom stereocenters. The van der Waals surface area contributed by atoms with E-state index in [1.165, 1.54) is 4.88 Å². The van der Waals surface area contributed by atoms with Crippen LogP contribution in [0.3, 0.4) is 0 Å². The lowest BCUT2D eigenvalue weighted by molar-refractivity contribution is 0.0735. The van der Waals surface area contributed by atoms with Gasteiger partial charge < -0.3 is 14.3 Å². The molecule has 1 amide bonds. The van der Waals surface area contributed by atoms with Gasteiger partial charge in [0, 0.05) is 48.4 Å². The van der Waals surface area contributed by atoms with E-state index in [2.05, 4.69) is 26.5 Å². The van der Waals surface area contributed by atoms with Crippen LogP contribution in [0.25, 0.3) is 11.3 Å². The molecule has 0 saturated carbocycles. The molecule has 1 aliphatic carbocycles. The van der Waals surface area contributed by atoms with E-state index in [4.69, 9.17) is 4.52 Å². The minimum atomic E-state index is -0.0191. The Hall–Kier alpha value is -2.67. The van der Waals surface area contributed by atoms with Crippen molar-refractivity contribution < 1.29 is 9.32 Å². The van der Waals surface area contributed by atoms with Crippen molar-refractivity contribution in [3.05, 3.63) is 52.0 Å². The Balaban J connectivity index is 1.33. The van der Waals surface area contributed by atoms with Crippen molar-refractivity contribution in [1.82, 2.24) is 15.0 Å². The Morgan fingerprint density at radius 3 is 2.81 bits per heavy atom. The van der Waals surface area contributed by atoms with Crippen LogP contribution < -0.4 is 4.90 Å². The number of nitrogens with zero attached hydrogens (tertiary/aromatic N) is 4. The zero-order valence-corrected chi connectivity index (χ0v) is 15.0. The van der Waals surface area contributed by atoms with Gasteiger partial charge in [0.2, 0.25) is 0 Å². The van der Waals surface area contributed by atoms with Gasteiger partial charge in [-0.3, -0.25) is 4.79 Å². The standard InChI is InChI=1S/C19H18N4O2S/c24-19(23-10-8-22(9-11-23)16-3-1-2-7-20-16)17-14-4-5-15-13(6-12-26-15)18(14)25-21-17/h1-3,6-7,12H,4-5,8-11H2. The molecule has 3 aromatic rings. The molecule has 7 heteroatoms. The Kier molecular flexibility index (Phi) is 3.74. The number of carbonyl (C=O) groups excluding carboxylic acids is 1. The lowest BCUT2D eigenvalue weighted by Gasteiger charge is -2.35. The first-order chi connectivity index (χ1) is 12.8. The van der Waals surface area contributed by atoms with Crippen LogP contribution in [0.15, 0.2) is 40.4 Å². The minimum Gasteiger partial charge on any atom is -0.355 e. The topological polar surface area (TPSA) is 62.5 Å². The Labute approximate surface area is 155 Å². The van der Waals surface area contributed by atoms with Crippen LogP contribution in [0, 0.1) is 0 Å². The summed E-state index contributed by atoms with van der Waals surface area (Å²) in [6, 6.07) is 7.96. The molecule has 1 saturated heterocycles. The van der Waals surface area contributed by atoms with Crippen molar-refractivity contribution in [3.63, 3.8) is 0 Å². The van der Waals surface area contributed by atoms with E-state index in [1.807, 2.05) is 23.1 Å². The van der Waals surface area contributed by atoms with Gasteiger partial charge in [-0.05, 0) is 36.4 Å². The zero-order valence-electron chi connectivity index (χ0n) is 14.2. The normalized spacial score (nSPS) is 16.3. The number of anilines is 1. The number of carbonyl (C=O) groups is 1. The molecule has 132 valence electrons. The molecular weight excluding hydrogens is 348 g/mol. The van der Waals surface area contributed by atoms with Gasteiger partial charge in [0.15, 0.2) is 11.5 Å². The van der Waals surface area contributed by atoms with E-state index in [0.717, 1.165) is 48.6 Å². The van der Waals surface area contributed by atoms with E-state index >= 15 is 0 Å². The van der Waals surface area contributed by atoms with Crippen LogP contribution in [-0.2, 0) is 12.8 Å². The third kappa shape index (κ3) is 2.50. The molecular formula is C19H18N4O2S. The third-order valence-corrected chi connectivity index (χ3v) is 6.10. The van der Waals surface area contributed by atoms with Gasteiger partial charge >= 0.3 is 0 Å². The number of amides is 1. The van der Waals surface area contributed by atoms with E-state index < -0.39 is 0 Å². The van der Waals surface area contributed by atoms with E-state index in [-0.39, 0.29) is 5.91 Å². The summed E-state index contributed by atoms with van der Waals surface area (Å²) in [6.45, 7) is 2.89. The van der Waals surface area contributed by atoms with Crippen LogP contribution in [0.4, 0.5) is 5.82 Å². The van der Waals surface area contributed by atoms with Crippen LogP contribution in [-0.4, -0.2) is 47.1 Å². The van der Waals surface area contributed by atoms with Crippen LogP contribution >= 0.6 is 11.3 Å². The zero-order chi connectivity index (χ0) is 17.5.